The fraction of sp³-hybridized carbons (Fsp3) is 0. The average molecular weight is 202 g/mol. The van der Waals surface area contributed by atoms with Gasteiger partial charge in [0.2, 0.25) is 6.41 Å². The van der Waals surface area contributed by atoms with Crippen molar-refractivity contribution in [3.8, 4) is 5.88 Å². The van der Waals surface area contributed by atoms with Crippen LogP contribution in [-0.2, 0) is 4.79 Å². The number of aromatic hydroxyl groups is 1. The standard InChI is InChI=1S/C11H10N2O2/c1-7(12-6-14)8-3-2-4-10-9(8)5-11(15)13-10/h2-6,13,15H,1H2,(H,12,14). The SMILES string of the molecule is C=C(NC=O)c1cccc2[nH]c(O)cc12. The van der Waals surface area contributed by atoms with Crippen molar-refractivity contribution in [2.24, 2.45) is 0 Å². The van der Waals surface area contributed by atoms with Crippen LogP contribution in [-0.4, -0.2) is 16.5 Å². The number of hydrogen-bond acceptors (Lipinski definition) is 2. The number of nitrogens with one attached hydrogen (secondary N) is 2. The van der Waals surface area contributed by atoms with Gasteiger partial charge >= 0.3 is 0 Å². The van der Waals surface area contributed by atoms with E-state index in [1.807, 2.05) is 18.2 Å². The fourth-order valence-electron chi connectivity index (χ4n) is 1.55. The number of hydrogen-bond donors (Lipinski definition) is 3. The second-order valence-electron chi connectivity index (χ2n) is 3.16. The Hall–Kier alpha value is -2.23. The van der Waals surface area contributed by atoms with Gasteiger partial charge in [-0.25, -0.2) is 0 Å². The van der Waals surface area contributed by atoms with Crippen molar-refractivity contribution >= 4 is 23.0 Å². The zero-order chi connectivity index (χ0) is 10.8. The lowest BCUT2D eigenvalue weighted by Crippen LogP contribution is -2.07. The number of rotatable bonds is 3. The fourth-order valence-corrected chi connectivity index (χ4v) is 1.55. The molecule has 4 heteroatoms. The van der Waals surface area contributed by atoms with Crippen molar-refractivity contribution in [1.29, 1.82) is 0 Å². The first-order valence-corrected chi connectivity index (χ1v) is 4.42. The zero-order valence-corrected chi connectivity index (χ0v) is 7.95. The maximum Gasteiger partial charge on any atom is 0.211 e. The van der Waals surface area contributed by atoms with Crippen LogP contribution in [0.3, 0.4) is 0 Å². The van der Waals surface area contributed by atoms with Crippen LogP contribution in [0.25, 0.3) is 16.6 Å². The third kappa shape index (κ3) is 1.57. The molecule has 2 aromatic rings. The van der Waals surface area contributed by atoms with Gasteiger partial charge in [-0.3, -0.25) is 4.79 Å². The van der Waals surface area contributed by atoms with Gasteiger partial charge in [-0.2, -0.15) is 0 Å². The molecule has 0 unspecified atom stereocenters. The van der Waals surface area contributed by atoms with Gasteiger partial charge in [0.05, 0.1) is 0 Å². The van der Waals surface area contributed by atoms with E-state index in [1.165, 1.54) is 0 Å². The maximum absolute atomic E-state index is 10.3. The number of aromatic amines is 1. The van der Waals surface area contributed by atoms with Gasteiger partial charge < -0.3 is 15.4 Å². The molecule has 0 aliphatic carbocycles. The van der Waals surface area contributed by atoms with Crippen molar-refractivity contribution in [2.45, 2.75) is 0 Å². The highest BCUT2D eigenvalue weighted by Gasteiger charge is 2.06. The minimum absolute atomic E-state index is 0.0938. The summed E-state index contributed by atoms with van der Waals surface area (Å²) in [4.78, 5) is 13.1. The minimum Gasteiger partial charge on any atom is -0.495 e. The largest absolute Gasteiger partial charge is 0.495 e. The quantitative estimate of drug-likeness (QED) is 0.662. The lowest BCUT2D eigenvalue weighted by atomic mass is 10.1. The van der Waals surface area contributed by atoms with E-state index in [9.17, 15) is 9.90 Å². The van der Waals surface area contributed by atoms with Gasteiger partial charge in [0.15, 0.2) is 5.88 Å². The van der Waals surface area contributed by atoms with Gasteiger partial charge in [0, 0.05) is 28.2 Å². The molecule has 1 heterocycles. The Morgan fingerprint density at radius 2 is 2.33 bits per heavy atom. The summed E-state index contributed by atoms with van der Waals surface area (Å²) in [5, 5.41) is 12.6. The van der Waals surface area contributed by atoms with Crippen molar-refractivity contribution < 1.29 is 9.90 Å². The van der Waals surface area contributed by atoms with Crippen molar-refractivity contribution in [2.75, 3.05) is 0 Å². The van der Waals surface area contributed by atoms with Crippen LogP contribution in [0.5, 0.6) is 5.88 Å². The first-order chi connectivity index (χ1) is 7.22. The maximum atomic E-state index is 10.3. The van der Waals surface area contributed by atoms with Crippen LogP contribution >= 0.6 is 0 Å². The summed E-state index contributed by atoms with van der Waals surface area (Å²) < 4.78 is 0. The summed E-state index contributed by atoms with van der Waals surface area (Å²) in [5.41, 5.74) is 2.10. The monoisotopic (exact) mass is 202 g/mol. The second kappa shape index (κ2) is 3.49. The molecule has 4 nitrogen and oxygen atoms in total. The van der Waals surface area contributed by atoms with Crippen LogP contribution < -0.4 is 5.32 Å². The molecule has 76 valence electrons. The van der Waals surface area contributed by atoms with Crippen LogP contribution in [0.4, 0.5) is 0 Å². The van der Waals surface area contributed by atoms with E-state index in [1.54, 1.807) is 6.07 Å². The Morgan fingerprint density at radius 1 is 1.53 bits per heavy atom. The smallest absolute Gasteiger partial charge is 0.211 e. The van der Waals surface area contributed by atoms with Crippen LogP contribution in [0.15, 0.2) is 30.8 Å². The Balaban J connectivity index is 2.59. The number of fused-ring (bicyclic) bond motifs is 1. The first kappa shape index (κ1) is 9.33. The van der Waals surface area contributed by atoms with Crippen LogP contribution in [0.1, 0.15) is 5.56 Å². The highest BCUT2D eigenvalue weighted by atomic mass is 16.3. The van der Waals surface area contributed by atoms with Crippen molar-refractivity contribution in [3.63, 3.8) is 0 Å². The third-order valence-corrected chi connectivity index (χ3v) is 2.21. The van der Waals surface area contributed by atoms with E-state index in [4.69, 9.17) is 0 Å². The summed E-state index contributed by atoms with van der Waals surface area (Å²) in [7, 11) is 0. The normalized spacial score (nSPS) is 10.1. The summed E-state index contributed by atoms with van der Waals surface area (Å²) in [6.07, 6.45) is 0.577. The molecule has 0 aliphatic heterocycles. The third-order valence-electron chi connectivity index (χ3n) is 2.21. The van der Waals surface area contributed by atoms with E-state index in [0.717, 1.165) is 16.5 Å². The number of benzene rings is 1. The van der Waals surface area contributed by atoms with Gasteiger partial charge in [0.1, 0.15) is 0 Å². The average Bonchev–Trinajstić information content (AvgIpc) is 2.57. The van der Waals surface area contributed by atoms with E-state index in [0.29, 0.717) is 12.1 Å². The Labute approximate surface area is 86.2 Å². The van der Waals surface area contributed by atoms with E-state index >= 15 is 0 Å². The molecule has 0 bridgehead atoms. The zero-order valence-electron chi connectivity index (χ0n) is 7.95. The number of carbonyl (C=O) groups is 1. The minimum atomic E-state index is 0.0938. The molecule has 3 N–H and O–H groups in total. The molecule has 15 heavy (non-hydrogen) atoms. The molecule has 0 radical (unpaired) electrons. The lowest BCUT2D eigenvalue weighted by molar-refractivity contribution is -0.108. The van der Waals surface area contributed by atoms with Gasteiger partial charge in [-0.15, -0.1) is 0 Å². The van der Waals surface area contributed by atoms with E-state index in [-0.39, 0.29) is 5.88 Å². The molecular formula is C11H10N2O2. The highest BCUT2D eigenvalue weighted by Crippen LogP contribution is 2.25. The number of amides is 1. The number of aromatic nitrogens is 1. The molecule has 0 spiro atoms. The molecule has 1 amide bonds. The molecule has 0 aliphatic rings. The predicted octanol–water partition coefficient (Wildman–Crippen LogP) is 1.59. The Kier molecular flexibility index (Phi) is 2.17. The predicted molar refractivity (Wildman–Crippen MR) is 58.2 cm³/mol. The molecule has 0 fully saturated rings. The topological polar surface area (TPSA) is 65.1 Å². The first-order valence-electron chi connectivity index (χ1n) is 4.42. The molecule has 0 saturated carbocycles. The lowest BCUT2D eigenvalue weighted by Gasteiger charge is -2.04. The molecule has 0 atom stereocenters. The molecule has 2 rings (SSSR count). The summed E-state index contributed by atoms with van der Waals surface area (Å²) in [6, 6.07) is 7.09. The Bertz CT molecular complexity index is 528. The van der Waals surface area contributed by atoms with Gasteiger partial charge in [0.25, 0.3) is 0 Å². The van der Waals surface area contributed by atoms with Crippen LogP contribution in [0, 0.1) is 0 Å². The van der Waals surface area contributed by atoms with E-state index < -0.39 is 0 Å². The molecular weight excluding hydrogens is 192 g/mol. The van der Waals surface area contributed by atoms with Gasteiger partial charge in [-0.1, -0.05) is 18.7 Å². The molecule has 0 saturated heterocycles. The van der Waals surface area contributed by atoms with Crippen molar-refractivity contribution in [3.05, 3.63) is 36.4 Å². The van der Waals surface area contributed by atoms with E-state index in [2.05, 4.69) is 16.9 Å². The number of H-pyrrole nitrogens is 1. The summed E-state index contributed by atoms with van der Waals surface area (Å²) in [6.45, 7) is 3.74. The summed E-state index contributed by atoms with van der Waals surface area (Å²) in [5.74, 6) is 0.0938. The number of carbonyl (C=O) groups excluding carboxylic acids is 1. The van der Waals surface area contributed by atoms with Crippen molar-refractivity contribution in [1.82, 2.24) is 10.3 Å². The molecule has 1 aromatic carbocycles. The second-order valence-corrected chi connectivity index (χ2v) is 3.16. The van der Waals surface area contributed by atoms with Crippen LogP contribution in [0.2, 0.25) is 0 Å². The molecule has 1 aromatic heterocycles. The van der Waals surface area contributed by atoms with Gasteiger partial charge in [-0.05, 0) is 6.07 Å². The Morgan fingerprint density at radius 3 is 3.07 bits per heavy atom. The summed E-state index contributed by atoms with van der Waals surface area (Å²) >= 11 is 0. The highest BCUT2D eigenvalue weighted by molar-refractivity contribution is 5.93.